The zero-order valence-electron chi connectivity index (χ0n) is 34.4. The summed E-state index contributed by atoms with van der Waals surface area (Å²) < 4.78 is 16.0. The highest BCUT2D eigenvalue weighted by Gasteiger charge is 2.46. The Morgan fingerprint density at radius 2 is 1.32 bits per heavy atom. The highest BCUT2D eigenvalue weighted by atomic mass is 16.6. The fourth-order valence-electron chi connectivity index (χ4n) is 5.63. The van der Waals surface area contributed by atoms with E-state index in [1.165, 1.54) is 0 Å². The van der Waals surface area contributed by atoms with E-state index in [0.29, 0.717) is 29.7 Å². The molecule has 1 aliphatic heterocycles. The third-order valence-corrected chi connectivity index (χ3v) is 8.64. The summed E-state index contributed by atoms with van der Waals surface area (Å²) in [7, 11) is 0. The molecule has 1 aromatic rings. The Balaban J connectivity index is 1.61. The number of nitrogens with zero attached hydrogens (tertiary/aromatic N) is 2. The Labute approximate surface area is 346 Å². The van der Waals surface area contributed by atoms with Gasteiger partial charge in [0, 0.05) is 18.6 Å². The molecule has 0 spiro atoms. The lowest BCUT2D eigenvalue weighted by molar-refractivity contribution is -0.180. The summed E-state index contributed by atoms with van der Waals surface area (Å²) in [6.45, 7) is 5.66. The topological polar surface area (TPSA) is 285 Å². The Kier molecular flexibility index (Phi) is 16.8. The Hall–Kier alpha value is -6.38. The van der Waals surface area contributed by atoms with Crippen molar-refractivity contribution in [1.29, 1.82) is 0 Å². The van der Waals surface area contributed by atoms with E-state index in [1.54, 1.807) is 71.9 Å². The summed E-state index contributed by atoms with van der Waals surface area (Å²) in [6, 6.07) is 5.62. The minimum atomic E-state index is -1.75. The molecular formula is C39H53N7O14. The van der Waals surface area contributed by atoms with Crippen LogP contribution >= 0.6 is 0 Å². The third-order valence-electron chi connectivity index (χ3n) is 8.64. The molecule has 0 bridgehead atoms. The van der Waals surface area contributed by atoms with Crippen LogP contribution in [0.25, 0.3) is 0 Å². The third kappa shape index (κ3) is 15.4. The van der Waals surface area contributed by atoms with E-state index in [9.17, 15) is 53.1 Å². The lowest BCUT2D eigenvalue weighted by Gasteiger charge is -2.37. The van der Waals surface area contributed by atoms with Gasteiger partial charge in [-0.1, -0.05) is 30.3 Å². The van der Waals surface area contributed by atoms with Gasteiger partial charge >= 0.3 is 18.0 Å². The minimum Gasteiger partial charge on any atom is -0.479 e. The summed E-state index contributed by atoms with van der Waals surface area (Å²) in [5.41, 5.74) is -2.70. The van der Waals surface area contributed by atoms with Crippen molar-refractivity contribution in [3.8, 4) is 0 Å². The molecule has 6 N–H and O–H groups in total. The van der Waals surface area contributed by atoms with Gasteiger partial charge in [-0.15, -0.1) is 0 Å². The van der Waals surface area contributed by atoms with E-state index < -0.39 is 128 Å². The second kappa shape index (κ2) is 21.0. The molecule has 1 heterocycles. The SMILES string of the molecule is CC(C)(C)OC(=O)CN(C[C@@H](C(=O)NCC(=O)NCC(=O)N[C@@H](Cc1ccccc1)C(=O)NCC(=O)NCOC1(C(=O)O)CCC1)N1C(=O)C=CC1=O)C(=O)OC(C)(C)C. The van der Waals surface area contributed by atoms with Crippen LogP contribution in [0.3, 0.4) is 0 Å². The Morgan fingerprint density at radius 1 is 0.767 bits per heavy atom. The number of amides is 8. The van der Waals surface area contributed by atoms with Crippen molar-refractivity contribution < 1.29 is 67.3 Å². The summed E-state index contributed by atoms with van der Waals surface area (Å²) in [5.74, 6) is -8.03. The van der Waals surface area contributed by atoms with Gasteiger partial charge in [0.2, 0.25) is 29.5 Å². The number of rotatable bonds is 20. The molecule has 8 amide bonds. The van der Waals surface area contributed by atoms with E-state index in [4.69, 9.17) is 14.2 Å². The van der Waals surface area contributed by atoms with Gasteiger partial charge in [0.1, 0.15) is 36.6 Å². The molecule has 2 aliphatic rings. The predicted molar refractivity (Wildman–Crippen MR) is 208 cm³/mol. The zero-order valence-corrected chi connectivity index (χ0v) is 34.4. The van der Waals surface area contributed by atoms with Gasteiger partial charge in [-0.3, -0.25) is 48.2 Å². The van der Waals surface area contributed by atoms with Crippen molar-refractivity contribution in [1.82, 2.24) is 36.4 Å². The Bertz CT molecular complexity index is 1820. The first-order chi connectivity index (χ1) is 28.0. The molecule has 3 rings (SSSR count). The number of aliphatic carboxylic acids is 1. The maximum Gasteiger partial charge on any atom is 0.410 e. The van der Waals surface area contributed by atoms with E-state index in [0.717, 1.165) is 17.1 Å². The van der Waals surface area contributed by atoms with Crippen LogP contribution in [0, 0.1) is 0 Å². The number of nitrogens with one attached hydrogen (secondary N) is 5. The molecular weight excluding hydrogens is 790 g/mol. The van der Waals surface area contributed by atoms with Crippen LogP contribution in [-0.4, -0.2) is 143 Å². The Morgan fingerprint density at radius 3 is 1.85 bits per heavy atom. The van der Waals surface area contributed by atoms with Gasteiger partial charge < -0.3 is 45.9 Å². The van der Waals surface area contributed by atoms with Gasteiger partial charge in [-0.25, -0.2) is 9.59 Å². The average Bonchev–Trinajstić information content (AvgIpc) is 3.46. The first-order valence-electron chi connectivity index (χ1n) is 19.0. The molecule has 21 heteroatoms. The van der Waals surface area contributed by atoms with Crippen LogP contribution in [0.5, 0.6) is 0 Å². The zero-order chi connectivity index (χ0) is 44.8. The fraction of sp³-hybridized carbons (Fsp3) is 0.538. The lowest BCUT2D eigenvalue weighted by atomic mass is 9.80. The molecule has 21 nitrogen and oxygen atoms in total. The van der Waals surface area contributed by atoms with Crippen LogP contribution < -0.4 is 26.6 Å². The normalized spacial score (nSPS) is 15.4. The number of benzene rings is 1. The molecule has 2 atom stereocenters. The second-order valence-electron chi connectivity index (χ2n) is 15.9. The molecule has 1 aliphatic carbocycles. The molecule has 1 saturated carbocycles. The summed E-state index contributed by atoms with van der Waals surface area (Å²) >= 11 is 0. The molecule has 0 unspecified atom stereocenters. The molecule has 1 fully saturated rings. The smallest absolute Gasteiger partial charge is 0.410 e. The number of carboxylic acids is 1. The van der Waals surface area contributed by atoms with Crippen molar-refractivity contribution in [3.63, 3.8) is 0 Å². The van der Waals surface area contributed by atoms with Gasteiger partial charge in [0.05, 0.1) is 26.2 Å². The summed E-state index contributed by atoms with van der Waals surface area (Å²) in [5, 5.41) is 21.2. The first-order valence-corrected chi connectivity index (χ1v) is 19.0. The largest absolute Gasteiger partial charge is 0.479 e. The maximum atomic E-state index is 13.5. The molecule has 1 aromatic carbocycles. The number of esters is 1. The van der Waals surface area contributed by atoms with E-state index in [1.807, 2.05) is 0 Å². The number of hydrogen-bond acceptors (Lipinski definition) is 13. The number of carboxylic acid groups (broad SMARTS) is 1. The van der Waals surface area contributed by atoms with Gasteiger partial charge in [0.25, 0.3) is 11.8 Å². The maximum absolute atomic E-state index is 13.5. The van der Waals surface area contributed by atoms with Gasteiger partial charge in [-0.05, 0) is 66.4 Å². The number of carbonyl (C=O) groups excluding carboxylic acids is 9. The van der Waals surface area contributed by atoms with Gasteiger partial charge in [-0.2, -0.15) is 0 Å². The standard InChI is InChI=1S/C39H53N7O14/c1-37(2,3)59-32(52)22-45(36(57)60-38(4,5)6)21-26(46-30(50)13-14-31(46)51)34(54)42-18-27(47)40-20-29(49)44-25(17-24-11-8-7-9-12-24)33(53)41-19-28(48)43-23-58-39(35(55)56)15-10-16-39/h7-9,11-14,25-26H,10,15-23H2,1-6H3,(H,40,47)(H,41,53)(H,42,54)(H,43,48)(H,44,49)(H,55,56)/t25-,26-/m0/s1. The van der Waals surface area contributed by atoms with Crippen molar-refractivity contribution in [3.05, 3.63) is 48.0 Å². The highest BCUT2D eigenvalue weighted by Crippen LogP contribution is 2.35. The number of imide groups is 1. The molecule has 328 valence electrons. The van der Waals surface area contributed by atoms with Crippen molar-refractivity contribution in [2.45, 2.75) is 96.1 Å². The first kappa shape index (κ1) is 48.0. The lowest BCUT2D eigenvalue weighted by Crippen LogP contribution is -2.57. The van der Waals surface area contributed by atoms with Crippen LogP contribution in [0.1, 0.15) is 66.4 Å². The minimum absolute atomic E-state index is 0.00724. The van der Waals surface area contributed by atoms with Crippen LogP contribution in [0.15, 0.2) is 42.5 Å². The van der Waals surface area contributed by atoms with Crippen molar-refractivity contribution >= 4 is 59.4 Å². The molecule has 0 aromatic heterocycles. The monoisotopic (exact) mass is 843 g/mol. The van der Waals surface area contributed by atoms with Crippen molar-refractivity contribution in [2.75, 3.05) is 39.5 Å². The predicted octanol–water partition coefficient (Wildman–Crippen LogP) is -0.967. The van der Waals surface area contributed by atoms with Crippen molar-refractivity contribution in [2.24, 2.45) is 0 Å². The average molecular weight is 844 g/mol. The van der Waals surface area contributed by atoms with Gasteiger partial charge in [0.15, 0.2) is 5.60 Å². The number of carbonyl (C=O) groups is 10. The molecule has 0 saturated heterocycles. The van der Waals surface area contributed by atoms with Crippen LogP contribution in [0.2, 0.25) is 0 Å². The summed E-state index contributed by atoms with van der Waals surface area (Å²) in [4.78, 5) is 129. The highest BCUT2D eigenvalue weighted by molar-refractivity contribution is 6.15. The fourth-order valence-corrected chi connectivity index (χ4v) is 5.63. The van der Waals surface area contributed by atoms with E-state index in [-0.39, 0.29) is 6.42 Å². The quantitative estimate of drug-likeness (QED) is 0.0524. The van der Waals surface area contributed by atoms with Crippen LogP contribution in [-0.2, 0) is 63.8 Å². The number of ether oxygens (including phenoxy) is 3. The number of hydrogen-bond donors (Lipinski definition) is 6. The van der Waals surface area contributed by atoms with E-state index >= 15 is 0 Å². The molecule has 60 heavy (non-hydrogen) atoms. The van der Waals surface area contributed by atoms with Crippen LogP contribution in [0.4, 0.5) is 4.79 Å². The summed E-state index contributed by atoms with van der Waals surface area (Å²) in [6.07, 6.45) is 2.03. The van der Waals surface area contributed by atoms with E-state index in [2.05, 4.69) is 26.6 Å². The molecule has 0 radical (unpaired) electrons. The second-order valence-corrected chi connectivity index (χ2v) is 15.9.